The number of thioether (sulfide) groups is 2. The van der Waals surface area contributed by atoms with E-state index in [-0.39, 0.29) is 5.25 Å². The molecule has 1 aliphatic rings. The minimum Gasteiger partial charge on any atom is -0.477 e. The molecule has 1 rings (SSSR count). The summed E-state index contributed by atoms with van der Waals surface area (Å²) in [6.45, 7) is 2.18. The Bertz CT molecular complexity index is 437. The Morgan fingerprint density at radius 1 is 1.29 bits per heavy atom. The van der Waals surface area contributed by atoms with Gasteiger partial charge in [-0.25, -0.2) is 4.79 Å². The summed E-state index contributed by atoms with van der Waals surface area (Å²) < 4.78 is 0. The third-order valence-corrected chi connectivity index (χ3v) is 6.52. The van der Waals surface area contributed by atoms with Crippen LogP contribution in [-0.2, 0) is 9.59 Å². The van der Waals surface area contributed by atoms with Gasteiger partial charge < -0.3 is 15.3 Å². The highest BCUT2D eigenvalue weighted by atomic mass is 32.2. The Labute approximate surface area is 152 Å². The summed E-state index contributed by atoms with van der Waals surface area (Å²) in [5.41, 5.74) is 0. The quantitative estimate of drug-likeness (QED) is 0.274. The molecular weight excluding hydrogens is 348 g/mol. The van der Waals surface area contributed by atoms with Crippen molar-refractivity contribution in [2.75, 3.05) is 11.5 Å². The number of carbonyl (C=O) groups is 2. The number of allylic oxidation sites excluding steroid dienone is 2. The number of aliphatic hydroxyl groups is 2. The molecule has 0 aromatic rings. The van der Waals surface area contributed by atoms with E-state index in [9.17, 15) is 19.8 Å². The van der Waals surface area contributed by atoms with Crippen LogP contribution in [0.15, 0.2) is 12.2 Å². The van der Waals surface area contributed by atoms with Crippen molar-refractivity contribution >= 4 is 35.3 Å². The van der Waals surface area contributed by atoms with Crippen molar-refractivity contribution < 1.29 is 24.9 Å². The molecule has 1 aliphatic carbocycles. The molecule has 0 radical (unpaired) electrons. The number of ketones is 1. The highest BCUT2D eigenvalue weighted by molar-refractivity contribution is 8.01. The molecule has 138 valence electrons. The Balaban J connectivity index is 2.28. The topological polar surface area (TPSA) is 94.8 Å². The fourth-order valence-corrected chi connectivity index (χ4v) is 4.81. The van der Waals surface area contributed by atoms with Crippen molar-refractivity contribution in [3.05, 3.63) is 12.2 Å². The normalized spacial score (nSPS) is 21.7. The predicted octanol–water partition coefficient (Wildman–Crippen LogP) is 3.05. The summed E-state index contributed by atoms with van der Waals surface area (Å²) in [6.07, 6.45) is 11.2. The number of carbonyl (C=O) groups excluding carboxylic acids is 1. The smallest absolute Gasteiger partial charge is 0.375 e. The average Bonchev–Trinajstić information content (AvgIpc) is 2.87. The lowest BCUT2D eigenvalue weighted by Crippen LogP contribution is -2.34. The highest BCUT2D eigenvalue weighted by Gasteiger charge is 2.34. The maximum Gasteiger partial charge on any atom is 0.375 e. The minimum absolute atomic E-state index is 0.00934. The molecule has 1 fully saturated rings. The minimum atomic E-state index is -2.72. The van der Waals surface area contributed by atoms with Crippen LogP contribution in [-0.4, -0.2) is 48.9 Å². The van der Waals surface area contributed by atoms with E-state index in [1.807, 2.05) is 0 Å². The molecule has 0 aromatic heterocycles. The Morgan fingerprint density at radius 2 is 2.04 bits per heavy atom. The van der Waals surface area contributed by atoms with Crippen LogP contribution >= 0.6 is 23.5 Å². The molecule has 0 bridgehead atoms. The van der Waals surface area contributed by atoms with Gasteiger partial charge in [-0.15, -0.1) is 11.8 Å². The van der Waals surface area contributed by atoms with Gasteiger partial charge in [-0.1, -0.05) is 43.7 Å². The third-order valence-electron chi connectivity index (χ3n) is 3.96. The molecule has 3 N–H and O–H groups in total. The van der Waals surface area contributed by atoms with Gasteiger partial charge in [0, 0.05) is 6.42 Å². The number of Topliss-reactive ketones (excluding diaryl/α,β-unsaturated/α-hetero) is 1. The molecular formula is C17H28O5S2. The van der Waals surface area contributed by atoms with E-state index in [4.69, 9.17) is 5.11 Å². The predicted molar refractivity (Wildman–Crippen MR) is 99.1 cm³/mol. The summed E-state index contributed by atoms with van der Waals surface area (Å²) in [5.74, 6) is -0.0330. The summed E-state index contributed by atoms with van der Waals surface area (Å²) in [5, 5.41) is 24.3. The number of unbranched alkanes of at least 4 members (excludes halogenated alkanes) is 3. The van der Waals surface area contributed by atoms with E-state index in [1.165, 1.54) is 19.3 Å². The molecule has 0 unspecified atom stereocenters. The van der Waals surface area contributed by atoms with Crippen molar-refractivity contribution in [3.8, 4) is 0 Å². The fraction of sp³-hybridized carbons (Fsp3) is 0.765. The van der Waals surface area contributed by atoms with Gasteiger partial charge in [-0.2, -0.15) is 0 Å². The molecule has 0 spiro atoms. The van der Waals surface area contributed by atoms with Crippen LogP contribution in [0.4, 0.5) is 0 Å². The largest absolute Gasteiger partial charge is 0.477 e. The molecule has 7 heteroatoms. The van der Waals surface area contributed by atoms with Gasteiger partial charge in [0.2, 0.25) is 0 Å². The van der Waals surface area contributed by atoms with Crippen molar-refractivity contribution in [1.29, 1.82) is 0 Å². The van der Waals surface area contributed by atoms with Crippen molar-refractivity contribution in [2.45, 2.75) is 62.2 Å². The lowest BCUT2D eigenvalue weighted by atomic mass is 10.1. The SMILES string of the molecule is CCCCC/C=C/[C@H]1CCC(=O)[C@@H]1SCCCSC(O)(O)C(=O)O. The van der Waals surface area contributed by atoms with Gasteiger partial charge in [0.15, 0.2) is 0 Å². The van der Waals surface area contributed by atoms with E-state index >= 15 is 0 Å². The van der Waals surface area contributed by atoms with Gasteiger partial charge in [-0.3, -0.25) is 4.79 Å². The third kappa shape index (κ3) is 7.59. The van der Waals surface area contributed by atoms with Gasteiger partial charge in [-0.05, 0) is 43.1 Å². The summed E-state index contributed by atoms with van der Waals surface area (Å²) >= 11 is 2.19. The first-order chi connectivity index (χ1) is 11.4. The van der Waals surface area contributed by atoms with Crippen LogP contribution in [0, 0.1) is 5.92 Å². The fourth-order valence-electron chi connectivity index (χ4n) is 2.58. The van der Waals surface area contributed by atoms with E-state index in [0.29, 0.717) is 47.8 Å². The van der Waals surface area contributed by atoms with Gasteiger partial charge in [0.1, 0.15) is 5.78 Å². The number of carboxylic acids is 1. The van der Waals surface area contributed by atoms with Crippen LogP contribution in [0.25, 0.3) is 0 Å². The summed E-state index contributed by atoms with van der Waals surface area (Å²) in [7, 11) is 0. The van der Waals surface area contributed by atoms with Crippen molar-refractivity contribution in [2.24, 2.45) is 5.92 Å². The molecule has 24 heavy (non-hydrogen) atoms. The molecule has 0 aromatic carbocycles. The van der Waals surface area contributed by atoms with Gasteiger partial charge in [0.05, 0.1) is 5.25 Å². The molecule has 0 aliphatic heterocycles. The van der Waals surface area contributed by atoms with E-state index in [1.54, 1.807) is 11.8 Å². The molecule has 5 nitrogen and oxygen atoms in total. The number of carboxylic acid groups (broad SMARTS) is 1. The van der Waals surface area contributed by atoms with Crippen LogP contribution in [0.1, 0.15) is 51.9 Å². The number of aliphatic carboxylic acids is 1. The zero-order valence-corrected chi connectivity index (χ0v) is 15.8. The Morgan fingerprint density at radius 3 is 2.71 bits per heavy atom. The second kappa shape index (κ2) is 11.2. The van der Waals surface area contributed by atoms with Crippen molar-refractivity contribution in [3.63, 3.8) is 0 Å². The molecule has 0 heterocycles. The zero-order chi connectivity index (χ0) is 18.0. The number of rotatable bonds is 12. The second-order valence-corrected chi connectivity index (χ2v) is 8.52. The molecule has 1 saturated carbocycles. The Kier molecular flexibility index (Phi) is 10.0. The zero-order valence-electron chi connectivity index (χ0n) is 14.1. The van der Waals surface area contributed by atoms with Crippen LogP contribution in [0.5, 0.6) is 0 Å². The summed E-state index contributed by atoms with van der Waals surface area (Å²) in [4.78, 5) is 22.6. The first kappa shape index (κ1) is 21.5. The highest BCUT2D eigenvalue weighted by Crippen LogP contribution is 2.34. The standard InChI is InChI=1S/C17H28O5S2/c1-2-3-4-5-6-8-13-9-10-14(18)15(13)23-11-7-12-24-17(21,22)16(19)20/h6,8,13,15,21-22H,2-5,7,9-12H2,1H3,(H,19,20)/b8-6+/t13-,15+/m0/s1. The van der Waals surface area contributed by atoms with Gasteiger partial charge >= 0.3 is 11.1 Å². The van der Waals surface area contributed by atoms with E-state index in [2.05, 4.69) is 19.1 Å². The maximum atomic E-state index is 12.0. The van der Waals surface area contributed by atoms with Crippen LogP contribution < -0.4 is 0 Å². The Hall–Kier alpha value is -0.500. The maximum absolute atomic E-state index is 12.0. The lowest BCUT2D eigenvalue weighted by Gasteiger charge is -2.16. The van der Waals surface area contributed by atoms with E-state index in [0.717, 1.165) is 12.8 Å². The first-order valence-electron chi connectivity index (χ1n) is 8.51. The van der Waals surface area contributed by atoms with E-state index < -0.39 is 11.1 Å². The summed E-state index contributed by atoms with van der Waals surface area (Å²) in [6, 6.07) is 0. The number of hydrogen-bond donors (Lipinski definition) is 3. The molecule has 0 saturated heterocycles. The van der Waals surface area contributed by atoms with Crippen LogP contribution in [0.2, 0.25) is 0 Å². The second-order valence-electron chi connectivity index (χ2n) is 6.00. The lowest BCUT2D eigenvalue weighted by molar-refractivity contribution is -0.174. The van der Waals surface area contributed by atoms with Gasteiger partial charge in [0.25, 0.3) is 0 Å². The molecule has 0 amide bonds. The monoisotopic (exact) mass is 376 g/mol. The number of hydrogen-bond acceptors (Lipinski definition) is 6. The molecule has 2 atom stereocenters. The first-order valence-corrected chi connectivity index (χ1v) is 10.5. The van der Waals surface area contributed by atoms with Crippen LogP contribution in [0.3, 0.4) is 0 Å². The van der Waals surface area contributed by atoms with Crippen molar-refractivity contribution in [1.82, 2.24) is 0 Å². The average molecular weight is 377 g/mol.